The van der Waals surface area contributed by atoms with E-state index in [0.717, 1.165) is 0 Å². The Morgan fingerprint density at radius 3 is 2.14 bits per heavy atom. The first-order chi connectivity index (χ1) is 6.49. The number of hydrogen-bond donors (Lipinski definition) is 2. The van der Waals surface area contributed by atoms with Gasteiger partial charge >= 0.3 is 5.97 Å². The van der Waals surface area contributed by atoms with Crippen molar-refractivity contribution < 1.29 is 14.7 Å². The smallest absolute Gasteiger partial charge is 0.336 e. The van der Waals surface area contributed by atoms with Gasteiger partial charge in [-0.25, -0.2) is 4.79 Å². The summed E-state index contributed by atoms with van der Waals surface area (Å²) in [7, 11) is 0. The normalized spacial score (nSPS) is 14.4. The summed E-state index contributed by atoms with van der Waals surface area (Å²) in [6.07, 6.45) is 0. The number of carbonyl (C=O) groups excluding carboxylic acids is 1. The number of aliphatic carboxylic acids is 1. The molecule has 4 heteroatoms. The minimum atomic E-state index is -1.93. The van der Waals surface area contributed by atoms with Crippen LogP contribution in [-0.2, 0) is 15.1 Å². The van der Waals surface area contributed by atoms with Gasteiger partial charge in [0.2, 0.25) is 0 Å². The van der Waals surface area contributed by atoms with Gasteiger partial charge in [-0.2, -0.15) is 0 Å². The topological polar surface area (TPSA) is 80.4 Å². The van der Waals surface area contributed by atoms with Gasteiger partial charge < -0.3 is 10.8 Å². The molecular weight excluding hydrogens is 182 g/mol. The maximum Gasteiger partial charge on any atom is 0.336 e. The third kappa shape index (κ3) is 1.52. The van der Waals surface area contributed by atoms with Crippen LogP contribution in [0.3, 0.4) is 0 Å². The number of Topliss-reactive ketones (excluding diaryl/α,β-unsaturated/α-hetero) is 1. The molecule has 14 heavy (non-hydrogen) atoms. The summed E-state index contributed by atoms with van der Waals surface area (Å²) < 4.78 is 0. The van der Waals surface area contributed by atoms with Crippen molar-refractivity contribution in [3.63, 3.8) is 0 Å². The molecule has 0 saturated carbocycles. The molecule has 1 atom stereocenters. The van der Waals surface area contributed by atoms with Gasteiger partial charge in [0.1, 0.15) is 0 Å². The molecule has 0 aliphatic heterocycles. The number of carboxylic acid groups (broad SMARTS) is 1. The van der Waals surface area contributed by atoms with Crippen molar-refractivity contribution in [2.24, 2.45) is 5.73 Å². The van der Waals surface area contributed by atoms with Gasteiger partial charge in [0, 0.05) is 0 Å². The molecule has 0 spiro atoms. The predicted octanol–water partition coefficient (Wildman–Crippen LogP) is 0.514. The first-order valence-corrected chi connectivity index (χ1v) is 4.08. The minimum Gasteiger partial charge on any atom is -0.479 e. The molecule has 0 aliphatic rings. The highest BCUT2D eigenvalue weighted by molar-refractivity contribution is 6.07. The summed E-state index contributed by atoms with van der Waals surface area (Å²) in [6, 6.07) is 8.06. The highest BCUT2D eigenvalue weighted by Crippen LogP contribution is 2.19. The molecule has 0 saturated heterocycles. The summed E-state index contributed by atoms with van der Waals surface area (Å²) >= 11 is 0. The number of nitrogens with two attached hydrogens (primary N) is 1. The van der Waals surface area contributed by atoms with E-state index in [-0.39, 0.29) is 0 Å². The zero-order chi connectivity index (χ0) is 10.8. The number of rotatable bonds is 3. The lowest BCUT2D eigenvalue weighted by molar-refractivity contribution is -0.148. The van der Waals surface area contributed by atoms with E-state index >= 15 is 0 Å². The number of carboxylic acids is 1. The van der Waals surface area contributed by atoms with E-state index in [4.69, 9.17) is 10.8 Å². The van der Waals surface area contributed by atoms with Crippen molar-refractivity contribution in [3.8, 4) is 0 Å². The molecule has 0 aromatic heterocycles. The van der Waals surface area contributed by atoms with Crippen LogP contribution in [0.1, 0.15) is 12.5 Å². The Hall–Kier alpha value is -1.68. The lowest BCUT2D eigenvalue weighted by atomic mass is 9.87. The van der Waals surface area contributed by atoms with Crippen molar-refractivity contribution >= 4 is 11.8 Å². The monoisotopic (exact) mass is 193 g/mol. The number of benzene rings is 1. The second-order valence-electron chi connectivity index (χ2n) is 3.04. The summed E-state index contributed by atoms with van der Waals surface area (Å²) in [5.41, 5.74) is 3.92. The Bertz CT molecular complexity index is 345. The molecule has 0 fully saturated rings. The van der Waals surface area contributed by atoms with Crippen LogP contribution in [0.15, 0.2) is 30.3 Å². The second-order valence-corrected chi connectivity index (χ2v) is 3.04. The Morgan fingerprint density at radius 2 is 1.79 bits per heavy atom. The SMILES string of the molecule is CC(=O)C(N)(C(=O)O)c1ccccc1. The first-order valence-electron chi connectivity index (χ1n) is 4.08. The molecule has 0 aliphatic carbocycles. The number of ketones is 1. The summed E-state index contributed by atoms with van der Waals surface area (Å²) in [5.74, 6) is -1.92. The summed E-state index contributed by atoms with van der Waals surface area (Å²) in [6.45, 7) is 1.17. The molecule has 3 N–H and O–H groups in total. The maximum absolute atomic E-state index is 11.2. The maximum atomic E-state index is 11.2. The molecule has 1 unspecified atom stereocenters. The predicted molar refractivity (Wildman–Crippen MR) is 50.6 cm³/mol. The summed E-state index contributed by atoms with van der Waals surface area (Å²) in [4.78, 5) is 22.1. The van der Waals surface area contributed by atoms with E-state index in [1.807, 2.05) is 0 Å². The van der Waals surface area contributed by atoms with Gasteiger partial charge in [-0.3, -0.25) is 4.79 Å². The lowest BCUT2D eigenvalue weighted by Crippen LogP contribution is -2.50. The fraction of sp³-hybridized carbons (Fsp3) is 0.200. The third-order valence-electron chi connectivity index (χ3n) is 2.12. The van der Waals surface area contributed by atoms with Gasteiger partial charge in [-0.15, -0.1) is 0 Å². The van der Waals surface area contributed by atoms with Crippen LogP contribution >= 0.6 is 0 Å². The number of carbonyl (C=O) groups is 2. The van der Waals surface area contributed by atoms with E-state index in [1.165, 1.54) is 19.1 Å². The number of hydrogen-bond acceptors (Lipinski definition) is 3. The largest absolute Gasteiger partial charge is 0.479 e. The summed E-state index contributed by atoms with van der Waals surface area (Å²) in [5, 5.41) is 8.91. The average molecular weight is 193 g/mol. The average Bonchev–Trinajstić information content (AvgIpc) is 2.17. The Morgan fingerprint density at radius 1 is 1.29 bits per heavy atom. The van der Waals surface area contributed by atoms with E-state index in [0.29, 0.717) is 5.56 Å². The quantitative estimate of drug-likeness (QED) is 0.685. The molecule has 74 valence electrons. The van der Waals surface area contributed by atoms with Crippen LogP contribution in [0, 0.1) is 0 Å². The second kappa shape index (κ2) is 3.59. The molecule has 1 aromatic rings. The van der Waals surface area contributed by atoms with Crippen molar-refractivity contribution in [2.45, 2.75) is 12.5 Å². The van der Waals surface area contributed by atoms with Crippen LogP contribution < -0.4 is 5.73 Å². The van der Waals surface area contributed by atoms with Gasteiger partial charge in [0.05, 0.1) is 0 Å². The standard InChI is InChI=1S/C10H11NO3/c1-7(12)10(11,9(13)14)8-5-3-2-4-6-8/h2-6H,11H2,1H3,(H,13,14). The Labute approximate surface area is 81.3 Å². The van der Waals surface area contributed by atoms with E-state index in [2.05, 4.69) is 0 Å². The van der Waals surface area contributed by atoms with Gasteiger partial charge in [-0.1, -0.05) is 30.3 Å². The molecule has 1 rings (SSSR count). The molecular formula is C10H11NO3. The zero-order valence-corrected chi connectivity index (χ0v) is 7.73. The fourth-order valence-corrected chi connectivity index (χ4v) is 1.18. The Kier molecular flexibility index (Phi) is 2.67. The van der Waals surface area contributed by atoms with E-state index in [9.17, 15) is 9.59 Å². The van der Waals surface area contributed by atoms with Crippen molar-refractivity contribution in [1.82, 2.24) is 0 Å². The van der Waals surface area contributed by atoms with Crippen LogP contribution in [-0.4, -0.2) is 16.9 Å². The highest BCUT2D eigenvalue weighted by Gasteiger charge is 2.40. The highest BCUT2D eigenvalue weighted by atomic mass is 16.4. The van der Waals surface area contributed by atoms with Crippen molar-refractivity contribution in [3.05, 3.63) is 35.9 Å². The third-order valence-corrected chi connectivity index (χ3v) is 2.12. The van der Waals surface area contributed by atoms with Gasteiger partial charge in [0.25, 0.3) is 0 Å². The van der Waals surface area contributed by atoms with Crippen molar-refractivity contribution in [1.29, 1.82) is 0 Å². The lowest BCUT2D eigenvalue weighted by Gasteiger charge is -2.21. The van der Waals surface area contributed by atoms with E-state index in [1.54, 1.807) is 18.2 Å². The zero-order valence-electron chi connectivity index (χ0n) is 7.73. The molecule has 0 bridgehead atoms. The van der Waals surface area contributed by atoms with Crippen molar-refractivity contribution in [2.75, 3.05) is 0 Å². The van der Waals surface area contributed by atoms with Crippen LogP contribution in [0.5, 0.6) is 0 Å². The molecule has 1 aromatic carbocycles. The van der Waals surface area contributed by atoms with Crippen LogP contribution in [0.25, 0.3) is 0 Å². The molecule has 0 radical (unpaired) electrons. The minimum absolute atomic E-state index is 0.292. The van der Waals surface area contributed by atoms with E-state index < -0.39 is 17.3 Å². The van der Waals surface area contributed by atoms with Gasteiger partial charge in [-0.05, 0) is 12.5 Å². The Balaban J connectivity index is 3.27. The van der Waals surface area contributed by atoms with Crippen LogP contribution in [0.2, 0.25) is 0 Å². The molecule has 4 nitrogen and oxygen atoms in total. The first kappa shape index (κ1) is 10.4. The molecule has 0 heterocycles. The van der Waals surface area contributed by atoms with Crippen LogP contribution in [0.4, 0.5) is 0 Å². The fourth-order valence-electron chi connectivity index (χ4n) is 1.18. The van der Waals surface area contributed by atoms with Gasteiger partial charge in [0.15, 0.2) is 11.3 Å². The molecule has 0 amide bonds.